The second kappa shape index (κ2) is 3.69. The van der Waals surface area contributed by atoms with E-state index in [2.05, 4.69) is 25.3 Å². The molecule has 1 aliphatic heterocycles. The van der Waals surface area contributed by atoms with Gasteiger partial charge in [0.15, 0.2) is 0 Å². The topological polar surface area (TPSA) is 3.24 Å². The fraction of sp³-hybridized carbons (Fsp3) is 0.846. The highest BCUT2D eigenvalue weighted by atomic mass is 15.2. The summed E-state index contributed by atoms with van der Waals surface area (Å²) in [6.07, 6.45) is 6.78. The molecular weight excluding hydrogens is 170 g/mol. The van der Waals surface area contributed by atoms with Crippen molar-refractivity contribution in [3.63, 3.8) is 0 Å². The normalized spacial score (nSPS) is 27.8. The van der Waals surface area contributed by atoms with Crippen molar-refractivity contribution in [2.75, 3.05) is 13.1 Å². The van der Waals surface area contributed by atoms with E-state index in [0.29, 0.717) is 5.41 Å². The molecule has 0 atom stereocenters. The molecule has 0 aromatic heterocycles. The maximum absolute atomic E-state index is 4.14. The van der Waals surface area contributed by atoms with Gasteiger partial charge in [-0.25, -0.2) is 0 Å². The minimum Gasteiger partial charge on any atom is -0.300 e. The molecule has 1 saturated heterocycles. The summed E-state index contributed by atoms with van der Waals surface area (Å²) in [5.74, 6) is 0. The van der Waals surface area contributed by atoms with Crippen LogP contribution in [-0.4, -0.2) is 24.0 Å². The first-order valence-electron chi connectivity index (χ1n) is 6.02. The zero-order valence-electron chi connectivity index (χ0n) is 9.68. The highest BCUT2D eigenvalue weighted by Crippen LogP contribution is 2.44. The SMILES string of the molecule is C=C1CCCC2(CC1)CN(C(C)C)C2. The van der Waals surface area contributed by atoms with Crippen molar-refractivity contribution in [1.82, 2.24) is 4.90 Å². The van der Waals surface area contributed by atoms with E-state index in [4.69, 9.17) is 0 Å². The van der Waals surface area contributed by atoms with E-state index in [1.807, 2.05) is 0 Å². The first kappa shape index (κ1) is 10.2. The Morgan fingerprint density at radius 1 is 1.21 bits per heavy atom. The summed E-state index contributed by atoms with van der Waals surface area (Å²) in [5, 5.41) is 0. The highest BCUT2D eigenvalue weighted by Gasteiger charge is 2.43. The summed E-state index contributed by atoms with van der Waals surface area (Å²) in [5.41, 5.74) is 2.17. The van der Waals surface area contributed by atoms with Gasteiger partial charge >= 0.3 is 0 Å². The number of hydrogen-bond donors (Lipinski definition) is 0. The van der Waals surface area contributed by atoms with Gasteiger partial charge < -0.3 is 0 Å². The molecule has 0 bridgehead atoms. The van der Waals surface area contributed by atoms with Gasteiger partial charge in [-0.2, -0.15) is 0 Å². The lowest BCUT2D eigenvalue weighted by atomic mass is 9.73. The standard InChI is InChI=1S/C13H23N/c1-11(2)14-9-13(10-14)7-4-5-12(3)6-8-13/h11H,3-10H2,1-2H3. The molecule has 0 radical (unpaired) electrons. The quantitative estimate of drug-likeness (QED) is 0.578. The van der Waals surface area contributed by atoms with Gasteiger partial charge in [-0.3, -0.25) is 4.90 Å². The van der Waals surface area contributed by atoms with Crippen LogP contribution < -0.4 is 0 Å². The lowest BCUT2D eigenvalue weighted by molar-refractivity contribution is -0.0319. The molecule has 0 aromatic carbocycles. The Bertz CT molecular complexity index is 223. The van der Waals surface area contributed by atoms with Crippen LogP contribution in [-0.2, 0) is 0 Å². The largest absolute Gasteiger partial charge is 0.300 e. The van der Waals surface area contributed by atoms with E-state index >= 15 is 0 Å². The first-order valence-corrected chi connectivity index (χ1v) is 6.02. The zero-order valence-corrected chi connectivity index (χ0v) is 9.68. The van der Waals surface area contributed by atoms with E-state index in [9.17, 15) is 0 Å². The van der Waals surface area contributed by atoms with Gasteiger partial charge in [0.1, 0.15) is 0 Å². The monoisotopic (exact) mass is 193 g/mol. The van der Waals surface area contributed by atoms with Gasteiger partial charge in [0.2, 0.25) is 0 Å². The summed E-state index contributed by atoms with van der Waals surface area (Å²) in [6.45, 7) is 11.4. The Balaban J connectivity index is 1.90. The van der Waals surface area contributed by atoms with E-state index in [1.165, 1.54) is 50.8 Å². The third-order valence-corrected chi connectivity index (χ3v) is 4.05. The Morgan fingerprint density at radius 3 is 2.57 bits per heavy atom. The zero-order chi connectivity index (χ0) is 10.2. The third kappa shape index (κ3) is 1.88. The smallest absolute Gasteiger partial charge is 0.00533 e. The Labute approximate surface area is 88.2 Å². The average Bonchev–Trinajstić information content (AvgIpc) is 2.24. The van der Waals surface area contributed by atoms with Gasteiger partial charge in [0, 0.05) is 19.1 Å². The van der Waals surface area contributed by atoms with Gasteiger partial charge in [-0.1, -0.05) is 12.2 Å². The fourth-order valence-corrected chi connectivity index (χ4v) is 2.90. The summed E-state index contributed by atoms with van der Waals surface area (Å²) in [6, 6.07) is 0.743. The summed E-state index contributed by atoms with van der Waals surface area (Å²) >= 11 is 0. The van der Waals surface area contributed by atoms with Gasteiger partial charge in [0.05, 0.1) is 0 Å². The Kier molecular flexibility index (Phi) is 2.70. The molecule has 14 heavy (non-hydrogen) atoms. The summed E-state index contributed by atoms with van der Waals surface area (Å²) in [4.78, 5) is 2.61. The Hall–Kier alpha value is -0.300. The second-order valence-corrected chi connectivity index (χ2v) is 5.60. The predicted octanol–water partition coefficient (Wildman–Crippen LogP) is 3.22. The van der Waals surface area contributed by atoms with Gasteiger partial charge in [0.25, 0.3) is 0 Å². The molecule has 1 aliphatic carbocycles. The van der Waals surface area contributed by atoms with E-state index in [0.717, 1.165) is 6.04 Å². The van der Waals surface area contributed by atoms with Crippen LogP contribution in [0.5, 0.6) is 0 Å². The molecule has 0 amide bonds. The minimum absolute atomic E-state index is 0.684. The molecule has 1 heteroatoms. The number of allylic oxidation sites excluding steroid dienone is 1. The van der Waals surface area contributed by atoms with Crippen LogP contribution in [0.25, 0.3) is 0 Å². The molecule has 1 heterocycles. The molecule has 2 rings (SSSR count). The number of rotatable bonds is 1. The van der Waals surface area contributed by atoms with Gasteiger partial charge in [-0.15, -0.1) is 0 Å². The number of nitrogens with zero attached hydrogens (tertiary/aromatic N) is 1. The van der Waals surface area contributed by atoms with Crippen molar-refractivity contribution >= 4 is 0 Å². The number of hydrogen-bond acceptors (Lipinski definition) is 1. The van der Waals surface area contributed by atoms with Crippen molar-refractivity contribution < 1.29 is 0 Å². The molecule has 80 valence electrons. The lowest BCUT2D eigenvalue weighted by Gasteiger charge is -2.52. The highest BCUT2D eigenvalue weighted by molar-refractivity contribution is 5.04. The van der Waals surface area contributed by atoms with Crippen LogP contribution in [0.2, 0.25) is 0 Å². The molecule has 0 aromatic rings. The van der Waals surface area contributed by atoms with E-state index in [1.54, 1.807) is 0 Å². The average molecular weight is 193 g/mol. The molecule has 1 nitrogen and oxygen atoms in total. The van der Waals surface area contributed by atoms with Crippen molar-refractivity contribution in [2.24, 2.45) is 5.41 Å². The van der Waals surface area contributed by atoms with E-state index < -0.39 is 0 Å². The van der Waals surface area contributed by atoms with Crippen LogP contribution in [0.4, 0.5) is 0 Å². The van der Waals surface area contributed by atoms with Crippen molar-refractivity contribution in [1.29, 1.82) is 0 Å². The van der Waals surface area contributed by atoms with E-state index in [-0.39, 0.29) is 0 Å². The van der Waals surface area contributed by atoms with Gasteiger partial charge in [-0.05, 0) is 51.4 Å². The molecule has 0 unspecified atom stereocenters. The van der Waals surface area contributed by atoms with Crippen LogP contribution in [0.1, 0.15) is 46.0 Å². The van der Waals surface area contributed by atoms with Crippen molar-refractivity contribution in [2.45, 2.75) is 52.0 Å². The summed E-state index contributed by atoms with van der Waals surface area (Å²) in [7, 11) is 0. The number of likely N-dealkylation sites (tertiary alicyclic amines) is 1. The minimum atomic E-state index is 0.684. The van der Waals surface area contributed by atoms with Crippen LogP contribution in [0.15, 0.2) is 12.2 Å². The summed E-state index contributed by atoms with van der Waals surface area (Å²) < 4.78 is 0. The first-order chi connectivity index (χ1) is 6.61. The Morgan fingerprint density at radius 2 is 1.93 bits per heavy atom. The third-order valence-electron chi connectivity index (χ3n) is 4.05. The maximum atomic E-state index is 4.14. The second-order valence-electron chi connectivity index (χ2n) is 5.60. The molecule has 2 fully saturated rings. The molecule has 0 N–H and O–H groups in total. The van der Waals surface area contributed by atoms with Crippen molar-refractivity contribution in [3.05, 3.63) is 12.2 Å². The molecule has 2 aliphatic rings. The molecule has 1 spiro atoms. The fourth-order valence-electron chi connectivity index (χ4n) is 2.90. The predicted molar refractivity (Wildman–Crippen MR) is 61.4 cm³/mol. The molecular formula is C13H23N. The van der Waals surface area contributed by atoms with Crippen LogP contribution in [0, 0.1) is 5.41 Å². The van der Waals surface area contributed by atoms with Crippen LogP contribution in [0.3, 0.4) is 0 Å². The maximum Gasteiger partial charge on any atom is 0.00533 e. The molecule has 1 saturated carbocycles. The van der Waals surface area contributed by atoms with Crippen LogP contribution >= 0.6 is 0 Å². The lowest BCUT2D eigenvalue weighted by Crippen LogP contribution is -2.58. The van der Waals surface area contributed by atoms with Crippen molar-refractivity contribution in [3.8, 4) is 0 Å².